The summed E-state index contributed by atoms with van der Waals surface area (Å²) >= 11 is 0. The highest BCUT2D eigenvalue weighted by molar-refractivity contribution is 6.05. The van der Waals surface area contributed by atoms with Crippen LogP contribution in [0.4, 0.5) is 0 Å². The molecule has 0 aromatic heterocycles. The van der Waals surface area contributed by atoms with E-state index in [1.165, 1.54) is 38.6 Å². The van der Waals surface area contributed by atoms with Crippen molar-refractivity contribution < 1.29 is 24.2 Å². The second kappa shape index (κ2) is 11.1. The van der Waals surface area contributed by atoms with Gasteiger partial charge in [-0.05, 0) is 54.1 Å². The summed E-state index contributed by atoms with van der Waals surface area (Å²) in [6.07, 6.45) is 2.85. The molecule has 0 radical (unpaired) electrons. The van der Waals surface area contributed by atoms with Crippen LogP contribution in [0.1, 0.15) is 21.5 Å². The van der Waals surface area contributed by atoms with Crippen molar-refractivity contribution in [3.8, 4) is 17.2 Å². The number of carbonyl (C=O) groups excluding carboxylic acids is 2. The predicted molar refractivity (Wildman–Crippen MR) is 125 cm³/mol. The molecular weight excluding hydrogens is 422 g/mol. The number of aromatic hydroxyl groups is 1. The minimum absolute atomic E-state index is 0.0523. The third-order valence-corrected chi connectivity index (χ3v) is 4.52. The average molecular weight is 445 g/mol. The molecule has 0 unspecified atom stereocenters. The largest absolute Gasteiger partial charge is 0.508 e. The first-order valence-electron chi connectivity index (χ1n) is 9.92. The van der Waals surface area contributed by atoms with Gasteiger partial charge in [0, 0.05) is 11.1 Å². The Morgan fingerprint density at radius 1 is 0.939 bits per heavy atom. The van der Waals surface area contributed by atoms with E-state index in [4.69, 9.17) is 9.47 Å². The van der Waals surface area contributed by atoms with E-state index in [-0.39, 0.29) is 11.4 Å². The van der Waals surface area contributed by atoms with Crippen molar-refractivity contribution in [1.82, 2.24) is 10.7 Å². The van der Waals surface area contributed by atoms with Crippen molar-refractivity contribution in [1.29, 1.82) is 0 Å². The number of benzene rings is 3. The third kappa shape index (κ3) is 6.44. The number of amides is 2. The monoisotopic (exact) mass is 445 g/mol. The van der Waals surface area contributed by atoms with Crippen LogP contribution in [0.3, 0.4) is 0 Å². The fourth-order valence-electron chi connectivity index (χ4n) is 2.88. The molecule has 0 aliphatic rings. The van der Waals surface area contributed by atoms with Gasteiger partial charge in [0.15, 0.2) is 0 Å². The van der Waals surface area contributed by atoms with Crippen LogP contribution in [0.25, 0.3) is 6.08 Å². The normalized spacial score (nSPS) is 11.2. The maximum Gasteiger partial charge on any atom is 0.287 e. The molecule has 3 aromatic rings. The lowest BCUT2D eigenvalue weighted by molar-refractivity contribution is -0.117. The SMILES string of the molecule is COc1ccc(OC)c(/C=C(\NC(=O)c2ccccc2)C(=O)N/N=C\c2cccc(O)c2)c1. The molecule has 2 amide bonds. The van der Waals surface area contributed by atoms with Gasteiger partial charge in [-0.2, -0.15) is 5.10 Å². The van der Waals surface area contributed by atoms with E-state index in [9.17, 15) is 14.7 Å². The maximum absolute atomic E-state index is 12.9. The fourth-order valence-corrected chi connectivity index (χ4v) is 2.88. The summed E-state index contributed by atoms with van der Waals surface area (Å²) in [6.45, 7) is 0. The Balaban J connectivity index is 1.90. The van der Waals surface area contributed by atoms with Gasteiger partial charge in [0.05, 0.1) is 20.4 Å². The molecule has 0 heterocycles. The number of phenols is 1. The summed E-state index contributed by atoms with van der Waals surface area (Å²) in [4.78, 5) is 25.6. The van der Waals surface area contributed by atoms with E-state index in [2.05, 4.69) is 15.8 Å². The Kier molecular flexibility index (Phi) is 7.80. The van der Waals surface area contributed by atoms with Gasteiger partial charge in [0.2, 0.25) is 0 Å². The molecule has 8 nitrogen and oxygen atoms in total. The lowest BCUT2D eigenvalue weighted by Crippen LogP contribution is -2.32. The second-order valence-electron chi connectivity index (χ2n) is 6.78. The molecule has 0 atom stereocenters. The number of phenolic OH excluding ortho intramolecular Hbond substituents is 1. The van der Waals surface area contributed by atoms with Crippen LogP contribution in [-0.4, -0.2) is 37.4 Å². The molecule has 0 aliphatic heterocycles. The number of hydrogen-bond donors (Lipinski definition) is 3. The summed E-state index contributed by atoms with van der Waals surface area (Å²) in [5.41, 5.74) is 3.83. The summed E-state index contributed by atoms with van der Waals surface area (Å²) in [5, 5.41) is 16.1. The zero-order valence-electron chi connectivity index (χ0n) is 18.1. The van der Waals surface area contributed by atoms with E-state index >= 15 is 0 Å². The zero-order valence-corrected chi connectivity index (χ0v) is 18.1. The van der Waals surface area contributed by atoms with E-state index < -0.39 is 11.8 Å². The van der Waals surface area contributed by atoms with Crippen LogP contribution < -0.4 is 20.2 Å². The number of hydrogen-bond acceptors (Lipinski definition) is 6. The first-order chi connectivity index (χ1) is 16.0. The Labute approximate surface area is 191 Å². The number of carbonyl (C=O) groups is 2. The van der Waals surface area contributed by atoms with Gasteiger partial charge < -0.3 is 19.9 Å². The molecule has 8 heteroatoms. The molecule has 0 bridgehead atoms. The quantitative estimate of drug-likeness (QED) is 0.280. The molecule has 0 fully saturated rings. The molecule has 3 aromatic carbocycles. The highest BCUT2D eigenvalue weighted by atomic mass is 16.5. The lowest BCUT2D eigenvalue weighted by Gasteiger charge is -2.12. The molecule has 3 rings (SSSR count). The summed E-state index contributed by atoms with van der Waals surface area (Å²) in [7, 11) is 3.03. The molecule has 168 valence electrons. The van der Waals surface area contributed by atoms with Gasteiger partial charge in [-0.15, -0.1) is 0 Å². The van der Waals surface area contributed by atoms with Crippen molar-refractivity contribution in [2.45, 2.75) is 0 Å². The fraction of sp³-hybridized carbons (Fsp3) is 0.0800. The van der Waals surface area contributed by atoms with Gasteiger partial charge in [0.1, 0.15) is 22.9 Å². The Bertz CT molecular complexity index is 1190. The molecule has 33 heavy (non-hydrogen) atoms. The highest BCUT2D eigenvalue weighted by Gasteiger charge is 2.16. The van der Waals surface area contributed by atoms with Crippen molar-refractivity contribution in [2.24, 2.45) is 5.10 Å². The van der Waals surface area contributed by atoms with Crippen LogP contribution >= 0.6 is 0 Å². The molecule has 0 spiro atoms. The maximum atomic E-state index is 12.9. The van der Waals surface area contributed by atoms with Gasteiger partial charge in [-0.3, -0.25) is 9.59 Å². The van der Waals surface area contributed by atoms with Crippen LogP contribution in [0.5, 0.6) is 17.2 Å². The standard InChI is InChI=1S/C25H23N3O5/c1-32-21-11-12-23(33-2)19(14-21)15-22(27-24(30)18-8-4-3-5-9-18)25(31)28-26-16-17-7-6-10-20(29)13-17/h3-16,29H,1-2H3,(H,27,30)(H,28,31)/b22-15-,26-16-. The molecular formula is C25H23N3O5. The van der Waals surface area contributed by atoms with Crippen molar-refractivity contribution in [3.63, 3.8) is 0 Å². The van der Waals surface area contributed by atoms with Crippen LogP contribution in [-0.2, 0) is 4.79 Å². The van der Waals surface area contributed by atoms with Crippen LogP contribution in [0.2, 0.25) is 0 Å². The van der Waals surface area contributed by atoms with Gasteiger partial charge in [-0.1, -0.05) is 30.3 Å². The third-order valence-electron chi connectivity index (χ3n) is 4.52. The summed E-state index contributed by atoms with van der Waals surface area (Å²) < 4.78 is 10.6. The van der Waals surface area contributed by atoms with Crippen LogP contribution in [0, 0.1) is 0 Å². The minimum atomic E-state index is -0.652. The average Bonchev–Trinajstić information content (AvgIpc) is 2.84. The van der Waals surface area contributed by atoms with E-state index in [1.54, 1.807) is 60.7 Å². The number of nitrogens with zero attached hydrogens (tertiary/aromatic N) is 1. The number of nitrogens with one attached hydrogen (secondary N) is 2. The molecule has 0 saturated heterocycles. The summed E-state index contributed by atoms with van der Waals surface area (Å²) in [6, 6.07) is 20.0. The van der Waals surface area contributed by atoms with Crippen molar-refractivity contribution in [2.75, 3.05) is 14.2 Å². The second-order valence-corrected chi connectivity index (χ2v) is 6.78. The Hall–Kier alpha value is -4.59. The zero-order chi connectivity index (χ0) is 23.6. The van der Waals surface area contributed by atoms with Crippen molar-refractivity contribution >= 4 is 24.1 Å². The molecule has 0 saturated carbocycles. The number of rotatable bonds is 8. The highest BCUT2D eigenvalue weighted by Crippen LogP contribution is 2.26. The Morgan fingerprint density at radius 2 is 1.73 bits per heavy atom. The predicted octanol–water partition coefficient (Wildman–Crippen LogP) is 3.33. The summed E-state index contributed by atoms with van der Waals surface area (Å²) in [5.74, 6) is -0.00101. The van der Waals surface area contributed by atoms with Crippen molar-refractivity contribution in [3.05, 3.63) is 95.2 Å². The number of ether oxygens (including phenoxy) is 2. The number of methoxy groups -OCH3 is 2. The van der Waals surface area contributed by atoms with Gasteiger partial charge >= 0.3 is 0 Å². The first kappa shape index (κ1) is 23.1. The topological polar surface area (TPSA) is 109 Å². The first-order valence-corrected chi connectivity index (χ1v) is 9.92. The smallest absolute Gasteiger partial charge is 0.287 e. The van der Waals surface area contributed by atoms with E-state index in [0.717, 1.165) is 0 Å². The van der Waals surface area contributed by atoms with Crippen LogP contribution in [0.15, 0.2) is 83.6 Å². The van der Waals surface area contributed by atoms with E-state index in [0.29, 0.717) is 28.2 Å². The van der Waals surface area contributed by atoms with Gasteiger partial charge in [0.25, 0.3) is 11.8 Å². The lowest BCUT2D eigenvalue weighted by atomic mass is 10.1. The number of hydrazone groups is 1. The minimum Gasteiger partial charge on any atom is -0.508 e. The Morgan fingerprint density at radius 3 is 2.42 bits per heavy atom. The molecule has 3 N–H and O–H groups in total. The van der Waals surface area contributed by atoms with Gasteiger partial charge in [-0.25, -0.2) is 5.43 Å². The van der Waals surface area contributed by atoms with E-state index in [1.807, 2.05) is 0 Å². The molecule has 0 aliphatic carbocycles.